The van der Waals surface area contributed by atoms with Crippen LogP contribution >= 0.6 is 0 Å². The number of para-hydroxylation sites is 3. The fourth-order valence-corrected chi connectivity index (χ4v) is 3.85. The van der Waals surface area contributed by atoms with Gasteiger partial charge in [-0.3, -0.25) is 9.80 Å². The van der Waals surface area contributed by atoms with E-state index in [1.54, 1.807) is 14.2 Å². The zero-order valence-electron chi connectivity index (χ0n) is 19.0. The van der Waals surface area contributed by atoms with Gasteiger partial charge in [0.15, 0.2) is 17.3 Å². The molecule has 0 amide bonds. The minimum absolute atomic E-state index is 0.217. The van der Waals surface area contributed by atoms with Gasteiger partial charge in [-0.15, -0.1) is 0 Å². The van der Waals surface area contributed by atoms with Crippen LogP contribution in [0, 0.1) is 0 Å². The van der Waals surface area contributed by atoms with Gasteiger partial charge in [0, 0.05) is 32.7 Å². The summed E-state index contributed by atoms with van der Waals surface area (Å²) in [6.45, 7) is 4.81. The lowest BCUT2D eigenvalue weighted by Crippen LogP contribution is -2.48. The zero-order chi connectivity index (χ0) is 23.0. The van der Waals surface area contributed by atoms with Crippen molar-refractivity contribution in [1.29, 1.82) is 0 Å². The number of methoxy groups -OCH3 is 2. The second-order valence-electron chi connectivity index (χ2n) is 7.91. The molecule has 0 aliphatic carbocycles. The van der Waals surface area contributed by atoms with Gasteiger partial charge in [-0.2, -0.15) is 4.98 Å². The first-order valence-electron chi connectivity index (χ1n) is 11.0. The summed E-state index contributed by atoms with van der Waals surface area (Å²) < 4.78 is 21.9. The molecule has 1 saturated heterocycles. The summed E-state index contributed by atoms with van der Waals surface area (Å²) in [5, 5.41) is 14.6. The van der Waals surface area contributed by atoms with Crippen LogP contribution in [0.1, 0.15) is 5.82 Å². The van der Waals surface area contributed by atoms with Gasteiger partial charge in [-0.1, -0.05) is 29.4 Å². The molecular weight excluding hydrogens is 424 g/mol. The number of ether oxygens (including phenoxy) is 3. The number of nitrogens with zero attached hydrogens (tertiary/aromatic N) is 4. The summed E-state index contributed by atoms with van der Waals surface area (Å²) in [5.41, 5.74) is 0.785. The highest BCUT2D eigenvalue weighted by atomic mass is 16.5. The van der Waals surface area contributed by atoms with Crippen LogP contribution in [0.15, 0.2) is 53.1 Å². The van der Waals surface area contributed by atoms with Gasteiger partial charge in [-0.05, 0) is 24.3 Å². The molecule has 2 aromatic carbocycles. The van der Waals surface area contributed by atoms with Gasteiger partial charge >= 0.3 is 0 Å². The number of benzene rings is 2. The lowest BCUT2D eigenvalue weighted by atomic mass is 10.2. The molecule has 33 heavy (non-hydrogen) atoms. The average Bonchev–Trinajstić information content (AvgIpc) is 3.32. The van der Waals surface area contributed by atoms with Crippen molar-refractivity contribution in [3.63, 3.8) is 0 Å². The van der Waals surface area contributed by atoms with E-state index in [4.69, 9.17) is 18.7 Å². The van der Waals surface area contributed by atoms with E-state index in [2.05, 4.69) is 19.9 Å². The Balaban J connectivity index is 1.22. The van der Waals surface area contributed by atoms with Crippen molar-refractivity contribution in [2.75, 3.05) is 53.6 Å². The minimum Gasteiger partial charge on any atom is -0.496 e. The predicted octanol–water partition coefficient (Wildman–Crippen LogP) is 2.31. The Morgan fingerprint density at radius 1 is 0.909 bits per heavy atom. The number of β-amino-alcohol motifs (C(OH)–C–C–N with tert-alkyl or cyclic N) is 1. The molecule has 1 aliphatic heterocycles. The molecule has 1 N–H and O–H groups in total. The molecular formula is C24H30N4O5. The normalized spacial score (nSPS) is 15.8. The van der Waals surface area contributed by atoms with Crippen molar-refractivity contribution >= 4 is 0 Å². The summed E-state index contributed by atoms with van der Waals surface area (Å²) in [5.74, 6) is 3.11. The van der Waals surface area contributed by atoms with Gasteiger partial charge in [0.05, 0.1) is 26.3 Å². The standard InChI is InChI=1S/C24H30N4O5/c1-30-20-8-4-3-7-19(20)24-25-23(26-33-24)16-28-13-11-27(12-14-28)15-18(29)17-32-22-10-6-5-9-21(22)31-2/h3-10,18,29H,11-17H2,1-2H3. The fraction of sp³-hybridized carbons (Fsp3) is 0.417. The van der Waals surface area contributed by atoms with Crippen LogP contribution in [0.2, 0.25) is 0 Å². The Bertz CT molecular complexity index is 1020. The third-order valence-electron chi connectivity index (χ3n) is 5.60. The molecule has 0 saturated carbocycles. The third-order valence-corrected chi connectivity index (χ3v) is 5.60. The molecule has 0 radical (unpaired) electrons. The first-order valence-corrected chi connectivity index (χ1v) is 11.0. The quantitative estimate of drug-likeness (QED) is 0.495. The molecule has 4 rings (SSSR count). The van der Waals surface area contributed by atoms with E-state index in [9.17, 15) is 5.11 Å². The van der Waals surface area contributed by atoms with Gasteiger partial charge in [0.25, 0.3) is 5.89 Å². The predicted molar refractivity (Wildman–Crippen MR) is 122 cm³/mol. The Labute approximate surface area is 193 Å². The maximum atomic E-state index is 10.4. The minimum atomic E-state index is -0.581. The van der Waals surface area contributed by atoms with Crippen LogP contribution in [0.25, 0.3) is 11.5 Å². The van der Waals surface area contributed by atoms with Crippen LogP contribution < -0.4 is 14.2 Å². The molecule has 1 aliphatic rings. The molecule has 3 aromatic rings. The molecule has 1 atom stereocenters. The fourth-order valence-electron chi connectivity index (χ4n) is 3.85. The van der Waals surface area contributed by atoms with Crippen molar-refractivity contribution in [2.45, 2.75) is 12.6 Å². The van der Waals surface area contributed by atoms with Crippen molar-refractivity contribution in [3.05, 3.63) is 54.4 Å². The van der Waals surface area contributed by atoms with Gasteiger partial charge in [0.2, 0.25) is 0 Å². The third kappa shape index (κ3) is 6.01. The smallest absolute Gasteiger partial charge is 0.261 e. The van der Waals surface area contributed by atoms with Crippen LogP contribution in [0.5, 0.6) is 17.2 Å². The lowest BCUT2D eigenvalue weighted by molar-refractivity contribution is 0.0434. The molecule has 176 valence electrons. The van der Waals surface area contributed by atoms with Gasteiger partial charge in [-0.25, -0.2) is 0 Å². The van der Waals surface area contributed by atoms with E-state index >= 15 is 0 Å². The van der Waals surface area contributed by atoms with E-state index in [0.29, 0.717) is 42.1 Å². The summed E-state index contributed by atoms with van der Waals surface area (Å²) in [4.78, 5) is 9.06. The summed E-state index contributed by atoms with van der Waals surface area (Å²) in [6, 6.07) is 15.0. The van der Waals surface area contributed by atoms with Gasteiger partial charge in [0.1, 0.15) is 18.5 Å². The Kier molecular flexibility index (Phi) is 7.77. The highest BCUT2D eigenvalue weighted by Crippen LogP contribution is 2.28. The second kappa shape index (κ2) is 11.1. The largest absolute Gasteiger partial charge is 0.496 e. The number of rotatable bonds is 10. The Morgan fingerprint density at radius 3 is 2.27 bits per heavy atom. The zero-order valence-corrected chi connectivity index (χ0v) is 19.0. The summed E-state index contributed by atoms with van der Waals surface area (Å²) >= 11 is 0. The first kappa shape index (κ1) is 23.0. The maximum absolute atomic E-state index is 10.4. The van der Waals surface area contributed by atoms with Crippen molar-refractivity contribution in [2.24, 2.45) is 0 Å². The van der Waals surface area contributed by atoms with Gasteiger partial charge < -0.3 is 23.8 Å². The van der Waals surface area contributed by atoms with Crippen molar-refractivity contribution in [3.8, 4) is 28.7 Å². The topological polar surface area (TPSA) is 93.3 Å². The molecule has 0 spiro atoms. The number of hydrogen-bond acceptors (Lipinski definition) is 9. The van der Waals surface area contributed by atoms with Crippen molar-refractivity contribution < 1.29 is 23.8 Å². The number of aromatic nitrogens is 2. The van der Waals surface area contributed by atoms with E-state index < -0.39 is 6.10 Å². The molecule has 0 bridgehead atoms. The van der Waals surface area contributed by atoms with E-state index in [1.165, 1.54) is 0 Å². The SMILES string of the molecule is COc1ccccc1OCC(O)CN1CCN(Cc2noc(-c3ccccc3OC)n2)CC1. The lowest BCUT2D eigenvalue weighted by Gasteiger charge is -2.34. The average molecular weight is 455 g/mol. The van der Waals surface area contributed by atoms with Crippen LogP contribution in [0.4, 0.5) is 0 Å². The Hall–Kier alpha value is -3.14. The van der Waals surface area contributed by atoms with E-state index in [0.717, 1.165) is 31.7 Å². The summed E-state index contributed by atoms with van der Waals surface area (Å²) in [7, 11) is 3.23. The summed E-state index contributed by atoms with van der Waals surface area (Å²) in [6.07, 6.45) is -0.581. The van der Waals surface area contributed by atoms with E-state index in [-0.39, 0.29) is 6.61 Å². The van der Waals surface area contributed by atoms with Crippen LogP contribution in [0.3, 0.4) is 0 Å². The molecule has 9 heteroatoms. The molecule has 1 aromatic heterocycles. The van der Waals surface area contributed by atoms with E-state index in [1.807, 2.05) is 48.5 Å². The Morgan fingerprint density at radius 2 is 1.55 bits per heavy atom. The molecule has 1 fully saturated rings. The second-order valence-corrected chi connectivity index (χ2v) is 7.91. The molecule has 2 heterocycles. The van der Waals surface area contributed by atoms with Crippen LogP contribution in [-0.4, -0.2) is 84.7 Å². The number of piperazine rings is 1. The molecule has 1 unspecified atom stereocenters. The van der Waals surface area contributed by atoms with Crippen molar-refractivity contribution in [1.82, 2.24) is 19.9 Å². The monoisotopic (exact) mass is 454 g/mol. The first-order chi connectivity index (χ1) is 16.2. The highest BCUT2D eigenvalue weighted by Gasteiger charge is 2.22. The molecule has 9 nitrogen and oxygen atoms in total. The number of aliphatic hydroxyl groups excluding tert-OH is 1. The van der Waals surface area contributed by atoms with Crippen LogP contribution in [-0.2, 0) is 6.54 Å². The maximum Gasteiger partial charge on any atom is 0.261 e. The number of hydrogen-bond donors (Lipinski definition) is 1. The number of aliphatic hydroxyl groups is 1. The highest BCUT2D eigenvalue weighted by molar-refractivity contribution is 5.62.